The summed E-state index contributed by atoms with van der Waals surface area (Å²) in [6.07, 6.45) is 22.5. The molecule has 0 radical (unpaired) electrons. The summed E-state index contributed by atoms with van der Waals surface area (Å²) in [7, 11) is 0. The molecular formula is C51H78O4. The zero-order valence-corrected chi connectivity index (χ0v) is 36.7. The lowest BCUT2D eigenvalue weighted by Crippen LogP contribution is -2.55. The molecule has 7 aliphatic rings. The molecule has 306 valence electrons. The minimum absolute atomic E-state index is 0.0465. The van der Waals surface area contributed by atoms with Gasteiger partial charge in [-0.15, -0.1) is 0 Å². The normalized spacial score (nSPS) is 41.5. The van der Waals surface area contributed by atoms with Crippen LogP contribution in [0.3, 0.4) is 0 Å². The highest BCUT2D eigenvalue weighted by atomic mass is 16.5. The van der Waals surface area contributed by atoms with E-state index < -0.39 is 0 Å². The Balaban J connectivity index is 0.000000174. The highest BCUT2D eigenvalue weighted by Gasteiger charge is 2.63. The van der Waals surface area contributed by atoms with Crippen LogP contribution in [0.25, 0.3) is 0 Å². The fraction of sp³-hybridized carbons (Fsp3) is 0.784. The van der Waals surface area contributed by atoms with Crippen molar-refractivity contribution in [3.05, 3.63) is 52.1 Å². The first-order valence-electron chi connectivity index (χ1n) is 23.0. The number of ether oxygens (including phenoxy) is 1. The van der Waals surface area contributed by atoms with Crippen molar-refractivity contribution in [2.45, 2.75) is 197 Å². The third-order valence-corrected chi connectivity index (χ3v) is 18.8. The van der Waals surface area contributed by atoms with E-state index in [9.17, 15) is 15.0 Å². The summed E-state index contributed by atoms with van der Waals surface area (Å²) in [6, 6.07) is 5.95. The zero-order valence-electron chi connectivity index (χ0n) is 36.7. The van der Waals surface area contributed by atoms with E-state index in [4.69, 9.17) is 4.74 Å². The number of aliphatic hydroxyl groups is 1. The minimum atomic E-state index is -0.130. The maximum Gasteiger partial charge on any atom is 0.305 e. The lowest BCUT2D eigenvalue weighted by molar-refractivity contribution is -0.157. The Hall–Kier alpha value is -2.07. The van der Waals surface area contributed by atoms with Crippen LogP contribution in [0.2, 0.25) is 0 Å². The third-order valence-electron chi connectivity index (χ3n) is 18.8. The van der Waals surface area contributed by atoms with Gasteiger partial charge in [0.25, 0.3) is 0 Å². The van der Waals surface area contributed by atoms with Crippen LogP contribution in [0.1, 0.15) is 189 Å². The zero-order chi connectivity index (χ0) is 39.7. The number of carbonyl (C=O) groups is 1. The number of allylic oxidation sites excluding steroid dienone is 4. The van der Waals surface area contributed by atoms with Gasteiger partial charge in [0.05, 0.1) is 6.10 Å². The number of phenols is 1. The van der Waals surface area contributed by atoms with Gasteiger partial charge < -0.3 is 14.9 Å². The van der Waals surface area contributed by atoms with E-state index in [2.05, 4.69) is 74.5 Å². The maximum absolute atomic E-state index is 11.8. The number of aliphatic hydroxyl groups excluding tert-OH is 1. The van der Waals surface area contributed by atoms with E-state index in [1.54, 1.807) is 0 Å². The molecule has 4 saturated carbocycles. The molecule has 4 fully saturated rings. The summed E-state index contributed by atoms with van der Waals surface area (Å²) in [5.74, 6) is 4.64. The average Bonchev–Trinajstić information content (AvgIpc) is 3.62. The minimum Gasteiger partial charge on any atom is -0.508 e. The van der Waals surface area contributed by atoms with Crippen LogP contribution in [-0.4, -0.2) is 28.4 Å². The number of aromatic hydroxyl groups is 1. The summed E-state index contributed by atoms with van der Waals surface area (Å²) in [5, 5.41) is 20.6. The van der Waals surface area contributed by atoms with E-state index >= 15 is 0 Å². The van der Waals surface area contributed by atoms with Crippen molar-refractivity contribution >= 4 is 5.97 Å². The number of aryl methyl sites for hydroxylation is 1. The molecule has 4 nitrogen and oxygen atoms in total. The molecule has 12 unspecified atom stereocenters. The molecule has 4 heteroatoms. The highest BCUT2D eigenvalue weighted by molar-refractivity contribution is 5.69. The van der Waals surface area contributed by atoms with Crippen molar-refractivity contribution in [1.82, 2.24) is 0 Å². The van der Waals surface area contributed by atoms with E-state index in [0.717, 1.165) is 37.5 Å². The first-order valence-corrected chi connectivity index (χ1v) is 23.0. The Morgan fingerprint density at radius 3 is 2.38 bits per heavy atom. The van der Waals surface area contributed by atoms with Crippen LogP contribution in [-0.2, 0) is 16.0 Å². The van der Waals surface area contributed by atoms with Gasteiger partial charge in [0.15, 0.2) is 0 Å². The molecule has 1 aromatic carbocycles. The van der Waals surface area contributed by atoms with Gasteiger partial charge in [-0.25, -0.2) is 0 Å². The number of rotatable bonds is 6. The molecule has 0 bridgehead atoms. The molecule has 7 aliphatic carbocycles. The SMILES string of the molecule is CC(C)=CCCC(C)C1CCC2(C)C3=C(CCC12C)C1(C)CCC(O)C(C)(C)C1CC3.CCC(=O)OC1CCC2C3CCc4cc(O)ccc4C3CCC12C. The maximum atomic E-state index is 11.8. The van der Waals surface area contributed by atoms with Crippen molar-refractivity contribution in [3.63, 3.8) is 0 Å². The fourth-order valence-electron chi connectivity index (χ4n) is 15.4. The van der Waals surface area contributed by atoms with E-state index in [1.807, 2.05) is 30.2 Å². The number of benzene rings is 1. The molecule has 0 saturated heterocycles. The Labute approximate surface area is 335 Å². The molecule has 0 heterocycles. The van der Waals surface area contributed by atoms with Crippen LogP contribution in [0.5, 0.6) is 5.75 Å². The van der Waals surface area contributed by atoms with Gasteiger partial charge in [0.2, 0.25) is 0 Å². The Morgan fingerprint density at radius 1 is 0.891 bits per heavy atom. The number of fused-ring (bicyclic) bond motifs is 9. The summed E-state index contributed by atoms with van der Waals surface area (Å²) < 4.78 is 5.83. The van der Waals surface area contributed by atoms with E-state index in [0.29, 0.717) is 52.1 Å². The number of carbonyl (C=O) groups excluding carboxylic acids is 1. The monoisotopic (exact) mass is 755 g/mol. The number of phenolic OH excluding ortho intramolecular Hbond substituents is 1. The molecule has 0 spiro atoms. The predicted molar refractivity (Wildman–Crippen MR) is 226 cm³/mol. The van der Waals surface area contributed by atoms with Gasteiger partial charge in [-0.1, -0.05) is 84.3 Å². The largest absolute Gasteiger partial charge is 0.508 e. The Bertz CT molecular complexity index is 1660. The summed E-state index contributed by atoms with van der Waals surface area (Å²) in [4.78, 5) is 11.8. The van der Waals surface area contributed by atoms with E-state index in [1.165, 1.54) is 93.7 Å². The predicted octanol–water partition coefficient (Wildman–Crippen LogP) is 13.0. The molecule has 1 aromatic rings. The number of hydrogen-bond acceptors (Lipinski definition) is 4. The van der Waals surface area contributed by atoms with Crippen LogP contribution in [0.15, 0.2) is 41.0 Å². The van der Waals surface area contributed by atoms with Gasteiger partial charge in [-0.3, -0.25) is 4.79 Å². The van der Waals surface area contributed by atoms with Gasteiger partial charge in [0, 0.05) is 11.8 Å². The first-order chi connectivity index (χ1) is 25.9. The fourth-order valence-corrected chi connectivity index (χ4v) is 15.4. The van der Waals surface area contributed by atoms with Crippen LogP contribution in [0, 0.1) is 56.7 Å². The van der Waals surface area contributed by atoms with Crippen molar-refractivity contribution in [3.8, 4) is 5.75 Å². The van der Waals surface area contributed by atoms with Gasteiger partial charge in [0.1, 0.15) is 11.9 Å². The summed E-state index contributed by atoms with van der Waals surface area (Å²) in [6.45, 7) is 23.9. The first kappa shape index (κ1) is 41.1. The second-order valence-electron chi connectivity index (χ2n) is 21.8. The second kappa shape index (κ2) is 14.9. The summed E-state index contributed by atoms with van der Waals surface area (Å²) in [5.41, 5.74) is 9.36. The quantitative estimate of drug-likeness (QED) is 0.224. The summed E-state index contributed by atoms with van der Waals surface area (Å²) >= 11 is 0. The molecular weight excluding hydrogens is 677 g/mol. The third kappa shape index (κ3) is 6.71. The molecule has 8 rings (SSSR count). The molecule has 0 aromatic heterocycles. The van der Waals surface area contributed by atoms with E-state index in [-0.39, 0.29) is 29.0 Å². The van der Waals surface area contributed by atoms with Crippen molar-refractivity contribution in [2.75, 3.05) is 0 Å². The highest BCUT2D eigenvalue weighted by Crippen LogP contribution is 2.72. The molecule has 12 atom stereocenters. The van der Waals surface area contributed by atoms with Crippen LogP contribution in [0.4, 0.5) is 0 Å². The number of esters is 1. The molecule has 2 N–H and O–H groups in total. The van der Waals surface area contributed by atoms with Crippen molar-refractivity contribution < 1.29 is 19.7 Å². The Kier molecular flexibility index (Phi) is 11.2. The molecule has 0 aliphatic heterocycles. The van der Waals surface area contributed by atoms with Crippen molar-refractivity contribution in [1.29, 1.82) is 0 Å². The lowest BCUT2D eigenvalue weighted by Gasteiger charge is -2.62. The molecule has 0 amide bonds. The smallest absolute Gasteiger partial charge is 0.305 e. The Morgan fingerprint density at radius 2 is 1.65 bits per heavy atom. The van der Waals surface area contributed by atoms with Gasteiger partial charge in [-0.05, 0) is 197 Å². The van der Waals surface area contributed by atoms with Crippen LogP contribution < -0.4 is 0 Å². The van der Waals surface area contributed by atoms with Crippen LogP contribution >= 0.6 is 0 Å². The topological polar surface area (TPSA) is 66.8 Å². The number of hydrogen-bond donors (Lipinski definition) is 2. The standard InChI is InChI=1S/C30H50O.C21H28O3/c1-20(2)10-9-11-21(3)22-14-18-30(8)24-12-13-25-27(4,5)26(31)16-17-28(25,6)23(24)15-19-29(22,30)7;1-3-20(23)24-19-9-8-18-17-6-4-13-12-14(22)5-7-15(13)16(17)10-11-21(18,19)2/h10,21-22,25-26,31H,9,11-19H2,1-8H3;5,7,12,16-19,22H,3-4,6,8-11H2,1-2H3. The second-order valence-corrected chi connectivity index (χ2v) is 21.8. The van der Waals surface area contributed by atoms with Crippen molar-refractivity contribution in [2.24, 2.45) is 56.7 Å². The lowest BCUT2D eigenvalue weighted by atomic mass is 9.43. The van der Waals surface area contributed by atoms with Gasteiger partial charge >= 0.3 is 5.97 Å². The average molecular weight is 755 g/mol. The van der Waals surface area contributed by atoms with Gasteiger partial charge in [-0.2, -0.15) is 0 Å². The molecule has 55 heavy (non-hydrogen) atoms.